The lowest BCUT2D eigenvalue weighted by molar-refractivity contribution is -0.387. The lowest BCUT2D eigenvalue weighted by Gasteiger charge is -2.06. The Morgan fingerprint density at radius 3 is 2.75 bits per heavy atom. The summed E-state index contributed by atoms with van der Waals surface area (Å²) in [6, 6.07) is 3.95. The number of aromatic carboxylic acids is 1. The monoisotopic (exact) mass is 279 g/mol. The van der Waals surface area contributed by atoms with E-state index in [1.807, 2.05) is 0 Å². The molecule has 2 rings (SSSR count). The molecule has 1 heterocycles. The van der Waals surface area contributed by atoms with E-state index in [-0.39, 0.29) is 17.2 Å². The van der Waals surface area contributed by atoms with Gasteiger partial charge in [0.15, 0.2) is 0 Å². The second-order valence-electron chi connectivity index (χ2n) is 3.53. The molecular formula is C11H6FN3O5. The summed E-state index contributed by atoms with van der Waals surface area (Å²) in [5.41, 5.74) is -0.978. The topological polar surface area (TPSA) is 115 Å². The van der Waals surface area contributed by atoms with Crippen molar-refractivity contribution in [2.24, 2.45) is 0 Å². The Hall–Kier alpha value is -3.10. The molecule has 0 fully saturated rings. The number of carboxylic acid groups (broad SMARTS) is 1. The van der Waals surface area contributed by atoms with Gasteiger partial charge in [-0.1, -0.05) is 0 Å². The summed E-state index contributed by atoms with van der Waals surface area (Å²) in [4.78, 5) is 20.5. The highest BCUT2D eigenvalue weighted by Gasteiger charge is 2.17. The number of rotatable bonds is 4. The van der Waals surface area contributed by atoms with E-state index in [9.17, 15) is 19.3 Å². The number of carbonyl (C=O) groups is 1. The number of nitro groups is 1. The number of aromatic nitrogens is 2. The molecule has 0 bridgehead atoms. The molecule has 1 aromatic carbocycles. The van der Waals surface area contributed by atoms with Crippen molar-refractivity contribution in [1.29, 1.82) is 0 Å². The normalized spacial score (nSPS) is 10.1. The van der Waals surface area contributed by atoms with Crippen molar-refractivity contribution < 1.29 is 24.0 Å². The maximum Gasteiger partial charge on any atom is 0.341 e. The Balaban J connectivity index is 2.34. The third-order valence-electron chi connectivity index (χ3n) is 2.25. The van der Waals surface area contributed by atoms with E-state index in [0.717, 1.165) is 30.5 Å². The van der Waals surface area contributed by atoms with E-state index < -0.39 is 22.4 Å². The minimum atomic E-state index is -1.29. The zero-order chi connectivity index (χ0) is 14.7. The van der Waals surface area contributed by atoms with Gasteiger partial charge in [-0.25, -0.2) is 4.79 Å². The number of ether oxygens (including phenoxy) is 1. The first-order valence-corrected chi connectivity index (χ1v) is 5.16. The smallest absolute Gasteiger partial charge is 0.341 e. The molecule has 20 heavy (non-hydrogen) atoms. The Morgan fingerprint density at radius 1 is 1.40 bits per heavy atom. The molecule has 1 N–H and O–H groups in total. The van der Waals surface area contributed by atoms with Gasteiger partial charge in [0.25, 0.3) is 5.88 Å². The summed E-state index contributed by atoms with van der Waals surface area (Å²) < 4.78 is 18.5. The van der Waals surface area contributed by atoms with E-state index in [0.29, 0.717) is 0 Å². The quantitative estimate of drug-likeness (QED) is 0.672. The molecule has 1 aromatic heterocycles. The predicted octanol–water partition coefficient (Wildman–Crippen LogP) is 2.01. The maximum atomic E-state index is 13.4. The molecule has 2 aromatic rings. The van der Waals surface area contributed by atoms with Crippen LogP contribution in [0.25, 0.3) is 0 Å². The summed E-state index contributed by atoms with van der Waals surface area (Å²) in [6.07, 6.45) is 1.16. The fourth-order valence-electron chi connectivity index (χ4n) is 1.37. The number of hydrogen-bond acceptors (Lipinski definition) is 6. The summed E-state index contributed by atoms with van der Waals surface area (Å²) >= 11 is 0. The summed E-state index contributed by atoms with van der Waals surface area (Å²) in [6.45, 7) is 0. The standard InChI is InChI=1S/C11H6FN3O5/c12-8-5-6(1-2-9(8)15(18)19)20-10-7(11(16)17)3-4-13-14-10/h1-5H,(H,16,17). The SMILES string of the molecule is O=C(O)c1ccnnc1Oc1ccc([N+](=O)[O-])c(F)c1. The molecule has 102 valence electrons. The number of halogens is 1. The first-order valence-electron chi connectivity index (χ1n) is 5.16. The average molecular weight is 279 g/mol. The van der Waals surface area contributed by atoms with E-state index in [4.69, 9.17) is 9.84 Å². The summed E-state index contributed by atoms with van der Waals surface area (Å²) in [7, 11) is 0. The molecule has 8 nitrogen and oxygen atoms in total. The molecule has 0 aliphatic heterocycles. The molecule has 0 spiro atoms. The molecule has 9 heteroatoms. The zero-order valence-electron chi connectivity index (χ0n) is 9.69. The van der Waals surface area contributed by atoms with Crippen LogP contribution >= 0.6 is 0 Å². The highest BCUT2D eigenvalue weighted by atomic mass is 19.1. The second-order valence-corrected chi connectivity index (χ2v) is 3.53. The Bertz CT molecular complexity index is 692. The molecule has 0 aliphatic carbocycles. The fourth-order valence-corrected chi connectivity index (χ4v) is 1.37. The third-order valence-corrected chi connectivity index (χ3v) is 2.25. The van der Waals surface area contributed by atoms with Crippen molar-refractivity contribution in [3.63, 3.8) is 0 Å². The van der Waals surface area contributed by atoms with Gasteiger partial charge in [0.1, 0.15) is 11.3 Å². The van der Waals surface area contributed by atoms with Gasteiger partial charge in [0.2, 0.25) is 5.82 Å². The van der Waals surface area contributed by atoms with Gasteiger partial charge >= 0.3 is 11.7 Å². The average Bonchev–Trinajstić information content (AvgIpc) is 2.38. The van der Waals surface area contributed by atoms with Gasteiger partial charge in [-0.2, -0.15) is 9.49 Å². The van der Waals surface area contributed by atoms with Crippen LogP contribution in [0.3, 0.4) is 0 Å². The number of nitro benzene ring substituents is 1. The van der Waals surface area contributed by atoms with Gasteiger partial charge in [-0.15, -0.1) is 5.10 Å². The van der Waals surface area contributed by atoms with E-state index in [1.165, 1.54) is 0 Å². The largest absolute Gasteiger partial charge is 0.477 e. The molecule has 0 saturated heterocycles. The molecule has 0 atom stereocenters. The summed E-state index contributed by atoms with van der Waals surface area (Å²) in [5.74, 6) is -2.87. The van der Waals surface area contributed by atoms with E-state index in [1.54, 1.807) is 0 Å². The van der Waals surface area contributed by atoms with Crippen LogP contribution in [-0.4, -0.2) is 26.2 Å². The highest BCUT2D eigenvalue weighted by molar-refractivity contribution is 5.90. The first kappa shape index (κ1) is 13.3. The minimum Gasteiger partial charge on any atom is -0.477 e. The van der Waals surface area contributed by atoms with Crippen molar-refractivity contribution in [1.82, 2.24) is 10.2 Å². The van der Waals surface area contributed by atoms with Crippen LogP contribution in [0.5, 0.6) is 11.6 Å². The molecule has 0 aliphatic rings. The molecular weight excluding hydrogens is 273 g/mol. The Morgan fingerprint density at radius 2 is 2.15 bits per heavy atom. The predicted molar refractivity (Wildman–Crippen MR) is 62.1 cm³/mol. The zero-order valence-corrected chi connectivity index (χ0v) is 9.69. The van der Waals surface area contributed by atoms with Crippen molar-refractivity contribution in [3.05, 3.63) is 52.0 Å². The first-order chi connectivity index (χ1) is 9.49. The molecule has 0 radical (unpaired) electrons. The Kier molecular flexibility index (Phi) is 3.51. The number of nitrogens with zero attached hydrogens (tertiary/aromatic N) is 3. The van der Waals surface area contributed by atoms with Crippen molar-refractivity contribution in [3.8, 4) is 11.6 Å². The van der Waals surface area contributed by atoms with Crippen molar-refractivity contribution in [2.75, 3.05) is 0 Å². The third kappa shape index (κ3) is 2.66. The van der Waals surface area contributed by atoms with Gasteiger partial charge in [-0.05, 0) is 12.1 Å². The van der Waals surface area contributed by atoms with Crippen LogP contribution in [0.4, 0.5) is 10.1 Å². The van der Waals surface area contributed by atoms with Crippen molar-refractivity contribution >= 4 is 11.7 Å². The van der Waals surface area contributed by atoms with Gasteiger partial charge in [0.05, 0.1) is 11.1 Å². The van der Waals surface area contributed by atoms with Crippen LogP contribution in [0.15, 0.2) is 30.5 Å². The molecule has 0 unspecified atom stereocenters. The summed E-state index contributed by atoms with van der Waals surface area (Å²) in [5, 5.41) is 26.3. The van der Waals surface area contributed by atoms with Gasteiger partial charge in [-0.3, -0.25) is 10.1 Å². The highest BCUT2D eigenvalue weighted by Crippen LogP contribution is 2.26. The second kappa shape index (κ2) is 5.26. The minimum absolute atomic E-state index is 0.129. The van der Waals surface area contributed by atoms with Crippen LogP contribution in [0.1, 0.15) is 10.4 Å². The van der Waals surface area contributed by atoms with Gasteiger partial charge in [0, 0.05) is 12.1 Å². The fraction of sp³-hybridized carbons (Fsp3) is 0. The van der Waals surface area contributed by atoms with E-state index in [2.05, 4.69) is 10.2 Å². The van der Waals surface area contributed by atoms with Crippen LogP contribution in [-0.2, 0) is 0 Å². The lowest BCUT2D eigenvalue weighted by Crippen LogP contribution is -2.03. The van der Waals surface area contributed by atoms with Crippen LogP contribution in [0, 0.1) is 15.9 Å². The number of hydrogen-bond donors (Lipinski definition) is 1. The number of carboxylic acids is 1. The van der Waals surface area contributed by atoms with Crippen LogP contribution in [0.2, 0.25) is 0 Å². The lowest BCUT2D eigenvalue weighted by atomic mass is 10.3. The van der Waals surface area contributed by atoms with Crippen molar-refractivity contribution in [2.45, 2.75) is 0 Å². The maximum absolute atomic E-state index is 13.4. The molecule has 0 amide bonds. The Labute approximate surface area is 110 Å². The molecule has 0 saturated carbocycles. The van der Waals surface area contributed by atoms with Crippen LogP contribution < -0.4 is 4.74 Å². The van der Waals surface area contributed by atoms with E-state index >= 15 is 0 Å². The number of benzene rings is 1. The van der Waals surface area contributed by atoms with Gasteiger partial charge < -0.3 is 9.84 Å².